The first kappa shape index (κ1) is 43.6. The van der Waals surface area contributed by atoms with E-state index in [4.69, 9.17) is 10.7 Å². The highest BCUT2D eigenvalue weighted by atomic mass is 32.2. The second-order valence-corrected chi connectivity index (χ2v) is 20.3. The third-order valence-electron chi connectivity index (χ3n) is 13.0. The zero-order valence-electron chi connectivity index (χ0n) is 35.3. The molecule has 4 aliphatic rings. The number of nitrogen functional groups attached to an aromatic ring is 1. The largest absolute Gasteiger partial charge is 0.368 e. The summed E-state index contributed by atoms with van der Waals surface area (Å²) in [7, 11) is -3.74. The molecule has 0 aliphatic carbocycles. The monoisotopic (exact) mass is 886 g/mol. The number of amides is 3. The normalized spacial score (nSPS) is 20.6. The molecule has 4 N–H and O–H groups in total. The Morgan fingerprint density at radius 2 is 1.74 bits per heavy atom. The van der Waals surface area contributed by atoms with Gasteiger partial charge in [-0.15, -0.1) is 11.3 Å². The minimum absolute atomic E-state index is 0.00188. The SMILES string of the molecule is CCCS(=O)(=O)Nc1cccc(-c2nc(C3(C)CCN(C(=O)C4CCN(CC5CCN(c6ccc([C@H]7CCC(=O)NC7=O)cn6)CC5)CC4)CC3)sc2-c2ccnc(N)n2)c1F. The number of nitrogens with one attached hydrogen (secondary N) is 2. The highest BCUT2D eigenvalue weighted by Gasteiger charge is 2.39. The summed E-state index contributed by atoms with van der Waals surface area (Å²) in [6.45, 7) is 9.75. The number of sulfonamides is 1. The Bertz CT molecular complexity index is 2390. The molecule has 18 heteroatoms. The van der Waals surface area contributed by atoms with Crippen LogP contribution in [0.25, 0.3) is 21.8 Å². The highest BCUT2D eigenvalue weighted by Crippen LogP contribution is 2.45. The molecule has 4 saturated heterocycles. The first-order valence-electron chi connectivity index (χ1n) is 21.7. The summed E-state index contributed by atoms with van der Waals surface area (Å²) < 4.78 is 43.7. The van der Waals surface area contributed by atoms with Gasteiger partial charge < -0.3 is 20.4 Å². The van der Waals surface area contributed by atoms with Crippen molar-refractivity contribution in [1.29, 1.82) is 0 Å². The van der Waals surface area contributed by atoms with Gasteiger partial charge in [0.15, 0.2) is 5.82 Å². The number of piperidine rings is 4. The Balaban J connectivity index is 0.847. The first-order chi connectivity index (χ1) is 29.8. The Morgan fingerprint density at radius 1 is 0.984 bits per heavy atom. The number of pyridine rings is 1. The van der Waals surface area contributed by atoms with Crippen molar-refractivity contribution in [2.75, 3.05) is 66.9 Å². The molecule has 0 saturated carbocycles. The minimum Gasteiger partial charge on any atom is -0.368 e. The third kappa shape index (κ3) is 9.61. The van der Waals surface area contributed by atoms with Crippen LogP contribution in [0.1, 0.15) is 88.1 Å². The maximum absolute atomic E-state index is 16.2. The van der Waals surface area contributed by atoms with Gasteiger partial charge in [-0.2, -0.15) is 0 Å². The van der Waals surface area contributed by atoms with Crippen molar-refractivity contribution in [3.8, 4) is 21.8 Å². The molecule has 330 valence electrons. The zero-order chi connectivity index (χ0) is 43.6. The average molecular weight is 887 g/mol. The maximum Gasteiger partial charge on any atom is 0.234 e. The van der Waals surface area contributed by atoms with Crippen LogP contribution in [0, 0.1) is 17.7 Å². The van der Waals surface area contributed by atoms with Crippen molar-refractivity contribution in [2.45, 2.75) is 83.0 Å². The molecule has 1 atom stereocenters. The van der Waals surface area contributed by atoms with Gasteiger partial charge in [-0.1, -0.05) is 26.0 Å². The third-order valence-corrected chi connectivity index (χ3v) is 15.9. The van der Waals surface area contributed by atoms with Crippen LogP contribution < -0.4 is 20.7 Å². The molecule has 4 aromatic rings. The molecule has 62 heavy (non-hydrogen) atoms. The molecule has 1 aromatic carbocycles. The van der Waals surface area contributed by atoms with E-state index < -0.39 is 21.3 Å². The van der Waals surface area contributed by atoms with Crippen molar-refractivity contribution >= 4 is 56.5 Å². The Labute approximate surface area is 366 Å². The number of imide groups is 1. The molecule has 7 heterocycles. The summed E-state index contributed by atoms with van der Waals surface area (Å²) in [5.41, 5.74) is 7.27. The highest BCUT2D eigenvalue weighted by molar-refractivity contribution is 7.92. The fourth-order valence-corrected chi connectivity index (χ4v) is 11.7. The fourth-order valence-electron chi connectivity index (χ4n) is 9.28. The van der Waals surface area contributed by atoms with Gasteiger partial charge in [0.1, 0.15) is 5.82 Å². The summed E-state index contributed by atoms with van der Waals surface area (Å²) in [5, 5.41) is 3.22. The lowest BCUT2D eigenvalue weighted by Crippen LogP contribution is -2.48. The van der Waals surface area contributed by atoms with Gasteiger partial charge in [-0.3, -0.25) is 24.4 Å². The summed E-state index contributed by atoms with van der Waals surface area (Å²) in [4.78, 5) is 63.4. The quantitative estimate of drug-likeness (QED) is 0.150. The van der Waals surface area contributed by atoms with Crippen LogP contribution in [-0.4, -0.2) is 107 Å². The number of carbonyl (C=O) groups excluding carboxylic acids is 3. The standard InChI is InChI=1S/C44H55FN10O5S2/c1-3-25-62(59,60)52-33-6-4-5-32(37(33)45)38-39(34-11-18-47-43(46)49-34)61-42(51-38)44(2)16-23-55(24-17-44)41(58)29-14-19-53(20-15-29)27-28-12-21-54(22-13-28)35-9-7-30(26-48-35)31-8-10-36(56)50-40(31)57/h4-7,9,11,18,26,28-29,31,52H,3,8,10,12-17,19-25,27H2,1-2H3,(H2,46,47,49)(H,50,56,57)/t31-/m1/s1. The number of likely N-dealkylation sites (tertiary alicyclic amines) is 2. The van der Waals surface area contributed by atoms with Crippen LogP contribution in [0.2, 0.25) is 0 Å². The van der Waals surface area contributed by atoms with Gasteiger partial charge in [0.05, 0.1) is 38.6 Å². The van der Waals surface area contributed by atoms with E-state index in [9.17, 15) is 22.8 Å². The molecule has 0 unspecified atom stereocenters. The van der Waals surface area contributed by atoms with E-state index in [0.717, 1.165) is 74.8 Å². The lowest BCUT2D eigenvalue weighted by Gasteiger charge is -2.41. The number of anilines is 3. The second-order valence-electron chi connectivity index (χ2n) is 17.4. The Hall–Kier alpha value is -5.07. The average Bonchev–Trinajstić information content (AvgIpc) is 3.72. The molecule has 3 aromatic heterocycles. The van der Waals surface area contributed by atoms with Gasteiger partial charge in [0.2, 0.25) is 33.7 Å². The maximum atomic E-state index is 16.2. The smallest absolute Gasteiger partial charge is 0.234 e. The van der Waals surface area contributed by atoms with E-state index in [0.29, 0.717) is 67.4 Å². The van der Waals surface area contributed by atoms with Gasteiger partial charge >= 0.3 is 0 Å². The number of carbonyl (C=O) groups is 3. The van der Waals surface area contributed by atoms with E-state index in [1.807, 2.05) is 17.0 Å². The van der Waals surface area contributed by atoms with Crippen LogP contribution in [-0.2, 0) is 29.8 Å². The number of benzene rings is 1. The summed E-state index contributed by atoms with van der Waals surface area (Å²) in [6.07, 6.45) is 9.77. The molecule has 0 spiro atoms. The van der Waals surface area contributed by atoms with Crippen LogP contribution in [0.4, 0.5) is 21.8 Å². The van der Waals surface area contributed by atoms with Crippen LogP contribution in [0.3, 0.4) is 0 Å². The molecular weight excluding hydrogens is 832 g/mol. The number of aromatic nitrogens is 4. The summed E-state index contributed by atoms with van der Waals surface area (Å²) >= 11 is 1.42. The van der Waals surface area contributed by atoms with E-state index in [1.54, 1.807) is 37.5 Å². The van der Waals surface area contributed by atoms with E-state index in [1.165, 1.54) is 17.4 Å². The second kappa shape index (κ2) is 18.3. The van der Waals surface area contributed by atoms with Crippen molar-refractivity contribution in [3.63, 3.8) is 0 Å². The number of nitrogens with zero attached hydrogens (tertiary/aromatic N) is 7. The molecule has 8 rings (SSSR count). The summed E-state index contributed by atoms with van der Waals surface area (Å²) in [5.74, 6) is 0.140. The molecule has 4 fully saturated rings. The van der Waals surface area contributed by atoms with Crippen molar-refractivity contribution in [2.24, 2.45) is 11.8 Å². The van der Waals surface area contributed by atoms with Gasteiger partial charge in [-0.05, 0) is 100 Å². The summed E-state index contributed by atoms with van der Waals surface area (Å²) in [6, 6.07) is 10.2. The van der Waals surface area contributed by atoms with E-state index in [2.05, 4.69) is 41.7 Å². The number of nitrogens with two attached hydrogens (primary N) is 1. The number of thiazole rings is 1. The lowest BCUT2D eigenvalue weighted by molar-refractivity contribution is -0.139. The van der Waals surface area contributed by atoms with Gasteiger partial charge in [0.25, 0.3) is 0 Å². The number of rotatable bonds is 12. The number of hydrogen-bond acceptors (Lipinski definition) is 13. The van der Waals surface area contributed by atoms with Gasteiger partial charge in [-0.25, -0.2) is 32.7 Å². The number of halogens is 1. The zero-order valence-corrected chi connectivity index (χ0v) is 36.9. The predicted octanol–water partition coefficient (Wildman–Crippen LogP) is 5.56. The van der Waals surface area contributed by atoms with E-state index in [-0.39, 0.29) is 52.5 Å². The van der Waals surface area contributed by atoms with Crippen molar-refractivity contribution < 1.29 is 27.2 Å². The molecule has 3 amide bonds. The molecule has 0 radical (unpaired) electrons. The molecule has 4 aliphatic heterocycles. The van der Waals surface area contributed by atoms with Crippen LogP contribution >= 0.6 is 11.3 Å². The van der Waals surface area contributed by atoms with Crippen LogP contribution in [0.15, 0.2) is 48.8 Å². The van der Waals surface area contributed by atoms with Gasteiger partial charge in [0, 0.05) is 68.4 Å². The molecular formula is C44H55FN10O5S2. The number of hydrogen-bond donors (Lipinski definition) is 3. The molecule has 0 bridgehead atoms. The van der Waals surface area contributed by atoms with Crippen molar-refractivity contribution in [1.82, 2.24) is 35.1 Å². The fraction of sp³-hybridized carbons (Fsp3) is 0.523. The Kier molecular flexibility index (Phi) is 12.9. The Morgan fingerprint density at radius 3 is 2.42 bits per heavy atom. The molecule has 15 nitrogen and oxygen atoms in total. The van der Waals surface area contributed by atoms with E-state index >= 15 is 4.39 Å². The topological polar surface area (TPSA) is 197 Å². The minimum atomic E-state index is -3.74. The lowest BCUT2D eigenvalue weighted by atomic mass is 9.80. The van der Waals surface area contributed by atoms with Crippen LogP contribution in [0.5, 0.6) is 0 Å². The predicted molar refractivity (Wildman–Crippen MR) is 237 cm³/mol. The first-order valence-corrected chi connectivity index (χ1v) is 24.2. The van der Waals surface area contributed by atoms with Crippen molar-refractivity contribution in [3.05, 3.63) is 65.2 Å².